The van der Waals surface area contributed by atoms with Gasteiger partial charge >= 0.3 is 5.97 Å². The van der Waals surface area contributed by atoms with E-state index >= 15 is 0 Å². The Hall–Kier alpha value is -3.22. The molecule has 7 heteroatoms. The Morgan fingerprint density at radius 3 is 2.20 bits per heavy atom. The molecule has 0 bridgehead atoms. The number of esters is 1. The number of carbonyl (C=O) groups excluding carboxylic acids is 2. The summed E-state index contributed by atoms with van der Waals surface area (Å²) in [6.07, 6.45) is 0.352. The first-order chi connectivity index (χ1) is 14.5. The van der Waals surface area contributed by atoms with Gasteiger partial charge in [0.1, 0.15) is 0 Å². The van der Waals surface area contributed by atoms with Gasteiger partial charge in [-0.05, 0) is 36.6 Å². The smallest absolute Gasteiger partial charge is 0.322 e. The third-order valence-electron chi connectivity index (χ3n) is 5.39. The van der Waals surface area contributed by atoms with Gasteiger partial charge in [-0.3, -0.25) is 9.59 Å². The highest BCUT2D eigenvalue weighted by molar-refractivity contribution is 6.07. The number of hydrogen-bond acceptors (Lipinski definition) is 6. The Balaban J connectivity index is 1.89. The van der Waals surface area contributed by atoms with E-state index in [0.717, 1.165) is 11.1 Å². The van der Waals surface area contributed by atoms with E-state index in [2.05, 4.69) is 5.32 Å². The summed E-state index contributed by atoms with van der Waals surface area (Å²) >= 11 is 0. The minimum atomic E-state index is -1.27. The quantitative estimate of drug-likeness (QED) is 0.503. The lowest BCUT2D eigenvalue weighted by atomic mass is 9.97. The van der Waals surface area contributed by atoms with Crippen molar-refractivity contribution < 1.29 is 28.5 Å². The van der Waals surface area contributed by atoms with Crippen LogP contribution in [0.1, 0.15) is 30.4 Å². The van der Waals surface area contributed by atoms with Gasteiger partial charge in [0.25, 0.3) is 0 Å². The first-order valence-electron chi connectivity index (χ1n) is 9.81. The molecule has 0 aromatic heterocycles. The molecular weight excluding hydrogens is 386 g/mol. The van der Waals surface area contributed by atoms with Crippen LogP contribution < -0.4 is 19.5 Å². The summed E-state index contributed by atoms with van der Waals surface area (Å²) < 4.78 is 21.5. The zero-order chi connectivity index (χ0) is 21.7. The highest BCUT2D eigenvalue weighted by Crippen LogP contribution is 2.61. The van der Waals surface area contributed by atoms with Gasteiger partial charge in [0.2, 0.25) is 11.7 Å². The van der Waals surface area contributed by atoms with Crippen molar-refractivity contribution in [3.05, 3.63) is 53.6 Å². The molecule has 1 aliphatic rings. The average molecular weight is 413 g/mol. The molecule has 0 heterocycles. The second-order valence-electron chi connectivity index (χ2n) is 7.08. The molecule has 3 rings (SSSR count). The van der Waals surface area contributed by atoms with Crippen molar-refractivity contribution in [2.75, 3.05) is 27.9 Å². The molecule has 1 N–H and O–H groups in total. The van der Waals surface area contributed by atoms with E-state index in [1.54, 1.807) is 19.1 Å². The summed E-state index contributed by atoms with van der Waals surface area (Å²) in [4.78, 5) is 26.0. The number of nitrogens with one attached hydrogen (secondary N) is 1. The van der Waals surface area contributed by atoms with E-state index < -0.39 is 11.4 Å². The fourth-order valence-corrected chi connectivity index (χ4v) is 3.73. The number of benzene rings is 2. The molecule has 0 saturated heterocycles. The van der Waals surface area contributed by atoms with Crippen LogP contribution in [0.5, 0.6) is 17.2 Å². The fourth-order valence-electron chi connectivity index (χ4n) is 3.73. The maximum absolute atomic E-state index is 13.1. The Labute approximate surface area is 176 Å². The lowest BCUT2D eigenvalue weighted by Crippen LogP contribution is -2.39. The van der Waals surface area contributed by atoms with E-state index in [-0.39, 0.29) is 18.4 Å². The minimum Gasteiger partial charge on any atom is -0.493 e. The van der Waals surface area contributed by atoms with Gasteiger partial charge in [0.05, 0.1) is 27.9 Å². The zero-order valence-electron chi connectivity index (χ0n) is 17.7. The van der Waals surface area contributed by atoms with Gasteiger partial charge in [-0.2, -0.15) is 0 Å². The highest BCUT2D eigenvalue weighted by Gasteiger charge is 2.67. The van der Waals surface area contributed by atoms with E-state index in [4.69, 9.17) is 18.9 Å². The minimum absolute atomic E-state index is 0.203. The molecule has 2 aromatic rings. The van der Waals surface area contributed by atoms with Gasteiger partial charge in [0.15, 0.2) is 16.9 Å². The van der Waals surface area contributed by atoms with E-state index in [1.165, 1.54) is 21.3 Å². The third kappa shape index (κ3) is 3.92. The fraction of sp³-hybridized carbons (Fsp3) is 0.391. The molecule has 2 atom stereocenters. The van der Waals surface area contributed by atoms with Crippen LogP contribution in [0.4, 0.5) is 0 Å². The monoisotopic (exact) mass is 413 g/mol. The van der Waals surface area contributed by atoms with Crippen LogP contribution in [0.15, 0.2) is 42.5 Å². The maximum atomic E-state index is 13.1. The summed E-state index contributed by atoms with van der Waals surface area (Å²) in [7, 11) is 4.58. The molecule has 0 aliphatic heterocycles. The number of ether oxygens (including phenoxy) is 4. The Bertz CT molecular complexity index is 888. The van der Waals surface area contributed by atoms with Gasteiger partial charge < -0.3 is 24.3 Å². The number of carbonyl (C=O) groups is 2. The van der Waals surface area contributed by atoms with Crippen molar-refractivity contribution in [2.45, 2.75) is 25.8 Å². The standard InChI is InChI=1S/C23H27NO6/c1-5-30-22(26)23(21(25)24-14-15-9-7-6-8-10-15)13-17(23)16-11-18(27-2)20(29-4)19(12-16)28-3/h6-12,17H,5,13-14H2,1-4H3,(H,24,25)/t17-,23+/m0/s1. The van der Waals surface area contributed by atoms with Crippen LogP contribution in [0.2, 0.25) is 0 Å². The molecule has 0 spiro atoms. The van der Waals surface area contributed by atoms with Crippen molar-refractivity contribution in [3.63, 3.8) is 0 Å². The zero-order valence-corrected chi connectivity index (χ0v) is 17.7. The molecule has 1 fully saturated rings. The highest BCUT2D eigenvalue weighted by atomic mass is 16.5. The number of methoxy groups -OCH3 is 3. The Morgan fingerprint density at radius 1 is 1.03 bits per heavy atom. The average Bonchev–Trinajstić information content (AvgIpc) is 3.54. The summed E-state index contributed by atoms with van der Waals surface area (Å²) in [5, 5.41) is 2.89. The van der Waals surface area contributed by atoms with Crippen LogP contribution >= 0.6 is 0 Å². The predicted octanol–water partition coefficient (Wildman–Crippen LogP) is 3.07. The predicted molar refractivity (Wildman–Crippen MR) is 111 cm³/mol. The molecule has 2 aromatic carbocycles. The van der Waals surface area contributed by atoms with Crippen LogP contribution in [0.3, 0.4) is 0 Å². The molecule has 160 valence electrons. The lowest BCUT2D eigenvalue weighted by molar-refractivity contribution is -0.154. The van der Waals surface area contributed by atoms with Gasteiger partial charge in [-0.15, -0.1) is 0 Å². The summed E-state index contributed by atoms with van der Waals surface area (Å²) in [6, 6.07) is 13.1. The number of amides is 1. The second-order valence-corrected chi connectivity index (χ2v) is 7.08. The molecule has 0 unspecified atom stereocenters. The normalized spacial score (nSPS) is 19.5. The van der Waals surface area contributed by atoms with E-state index in [0.29, 0.717) is 30.2 Å². The third-order valence-corrected chi connectivity index (χ3v) is 5.39. The molecular formula is C23H27NO6. The van der Waals surface area contributed by atoms with Gasteiger partial charge in [-0.1, -0.05) is 30.3 Å². The largest absolute Gasteiger partial charge is 0.493 e. The number of hydrogen-bond donors (Lipinski definition) is 1. The first-order valence-corrected chi connectivity index (χ1v) is 9.81. The molecule has 1 aliphatic carbocycles. The first kappa shape index (κ1) is 21.5. The van der Waals surface area contributed by atoms with Crippen LogP contribution in [-0.2, 0) is 20.9 Å². The molecule has 1 saturated carbocycles. The van der Waals surface area contributed by atoms with Crippen molar-refractivity contribution >= 4 is 11.9 Å². The molecule has 7 nitrogen and oxygen atoms in total. The Morgan fingerprint density at radius 2 is 1.67 bits per heavy atom. The molecule has 0 radical (unpaired) electrons. The van der Waals surface area contributed by atoms with Gasteiger partial charge in [-0.25, -0.2) is 0 Å². The van der Waals surface area contributed by atoms with Crippen LogP contribution in [0, 0.1) is 5.41 Å². The van der Waals surface area contributed by atoms with Crippen molar-refractivity contribution in [1.29, 1.82) is 0 Å². The lowest BCUT2D eigenvalue weighted by Gasteiger charge is -2.18. The van der Waals surface area contributed by atoms with E-state index in [9.17, 15) is 9.59 Å². The van der Waals surface area contributed by atoms with Gasteiger partial charge in [0, 0.05) is 12.5 Å². The van der Waals surface area contributed by atoms with Crippen LogP contribution in [0.25, 0.3) is 0 Å². The SMILES string of the molecule is CCOC(=O)[C@]1(C(=O)NCc2ccccc2)C[C@H]1c1cc(OC)c(OC)c(OC)c1. The second kappa shape index (κ2) is 9.07. The van der Waals surface area contributed by atoms with E-state index in [1.807, 2.05) is 30.3 Å². The summed E-state index contributed by atoms with van der Waals surface area (Å²) in [5.74, 6) is 0.195. The molecule has 1 amide bonds. The van der Waals surface area contributed by atoms with Crippen molar-refractivity contribution in [3.8, 4) is 17.2 Å². The topological polar surface area (TPSA) is 83.1 Å². The van der Waals surface area contributed by atoms with Crippen molar-refractivity contribution in [1.82, 2.24) is 5.32 Å². The summed E-state index contributed by atoms with van der Waals surface area (Å²) in [6.45, 7) is 2.27. The molecule has 30 heavy (non-hydrogen) atoms. The Kier molecular flexibility index (Phi) is 6.50. The maximum Gasteiger partial charge on any atom is 0.322 e. The number of rotatable bonds is 9. The summed E-state index contributed by atoms with van der Waals surface area (Å²) in [5.41, 5.74) is 0.442. The van der Waals surface area contributed by atoms with Crippen LogP contribution in [-0.4, -0.2) is 39.8 Å². The van der Waals surface area contributed by atoms with Crippen molar-refractivity contribution in [2.24, 2.45) is 5.41 Å².